The van der Waals surface area contributed by atoms with Crippen LogP contribution < -0.4 is 0 Å². The van der Waals surface area contributed by atoms with Gasteiger partial charge in [0, 0.05) is 45.9 Å². The maximum Gasteiger partial charge on any atom is 0.306 e. The number of esters is 1. The summed E-state index contributed by atoms with van der Waals surface area (Å²) in [7, 11) is 1.44. The molecule has 1 saturated heterocycles. The van der Waals surface area contributed by atoms with E-state index in [9.17, 15) is 4.79 Å². The number of piperazine rings is 1. The number of hydrogen-bond acceptors (Lipinski definition) is 5. The van der Waals surface area contributed by atoms with Crippen LogP contribution in [0.3, 0.4) is 0 Å². The molecule has 1 aliphatic rings. The second kappa shape index (κ2) is 8.44. The van der Waals surface area contributed by atoms with Crippen molar-refractivity contribution >= 4 is 5.97 Å². The quantitative estimate of drug-likeness (QED) is 0.473. The van der Waals surface area contributed by atoms with E-state index in [-0.39, 0.29) is 5.97 Å². The van der Waals surface area contributed by atoms with Gasteiger partial charge in [0.05, 0.1) is 20.1 Å². The summed E-state index contributed by atoms with van der Waals surface area (Å²) in [6.45, 7) is 9.64. The Morgan fingerprint density at radius 1 is 1.12 bits per heavy atom. The minimum atomic E-state index is -0.122. The highest BCUT2D eigenvalue weighted by molar-refractivity contribution is 5.69. The van der Waals surface area contributed by atoms with Crippen LogP contribution in [0, 0.1) is 0 Å². The maximum absolute atomic E-state index is 11.0. The van der Waals surface area contributed by atoms with E-state index in [4.69, 9.17) is 4.74 Å². The van der Waals surface area contributed by atoms with Gasteiger partial charge in [-0.25, -0.2) is 0 Å². The number of rotatable bonds is 7. The van der Waals surface area contributed by atoms with E-state index in [0.717, 1.165) is 52.5 Å². The molecule has 0 radical (unpaired) electrons. The number of ether oxygens (including phenoxy) is 2. The summed E-state index contributed by atoms with van der Waals surface area (Å²) in [6.07, 6.45) is 0.495. The summed E-state index contributed by atoms with van der Waals surface area (Å²) in [5.74, 6) is -0.122. The van der Waals surface area contributed by atoms with Crippen LogP contribution in [-0.2, 0) is 14.3 Å². The van der Waals surface area contributed by atoms with Gasteiger partial charge in [0.2, 0.25) is 0 Å². The standard InChI is InChI=1S/C12H24N2O3/c1-3-17-11-10-14-8-6-13(7-9-14)5-4-12(15)16-2/h3-11H2,1-2H3. The molecule has 100 valence electrons. The summed E-state index contributed by atoms with van der Waals surface area (Å²) in [5, 5.41) is 0. The minimum Gasteiger partial charge on any atom is -0.469 e. The highest BCUT2D eigenvalue weighted by atomic mass is 16.5. The molecular formula is C12H24N2O3. The van der Waals surface area contributed by atoms with Crippen LogP contribution >= 0.6 is 0 Å². The summed E-state index contributed by atoms with van der Waals surface area (Å²) in [6, 6.07) is 0. The minimum absolute atomic E-state index is 0.122. The Bertz CT molecular complexity index is 216. The van der Waals surface area contributed by atoms with Crippen molar-refractivity contribution < 1.29 is 14.3 Å². The average Bonchev–Trinajstić information content (AvgIpc) is 2.37. The van der Waals surface area contributed by atoms with Gasteiger partial charge in [-0.15, -0.1) is 0 Å². The fraction of sp³-hybridized carbons (Fsp3) is 0.917. The normalized spacial score (nSPS) is 18.2. The molecule has 5 nitrogen and oxygen atoms in total. The molecule has 1 aliphatic heterocycles. The Kier molecular flexibility index (Phi) is 7.16. The van der Waals surface area contributed by atoms with E-state index in [0.29, 0.717) is 6.42 Å². The first-order valence-electron chi connectivity index (χ1n) is 6.35. The molecule has 0 aromatic rings. The van der Waals surface area contributed by atoms with Crippen molar-refractivity contribution in [2.75, 3.05) is 59.6 Å². The molecule has 0 unspecified atom stereocenters. The first kappa shape index (κ1) is 14.4. The third-order valence-electron chi connectivity index (χ3n) is 3.08. The van der Waals surface area contributed by atoms with Crippen molar-refractivity contribution in [1.82, 2.24) is 9.80 Å². The molecule has 5 heteroatoms. The highest BCUT2D eigenvalue weighted by Crippen LogP contribution is 2.02. The third-order valence-corrected chi connectivity index (χ3v) is 3.08. The van der Waals surface area contributed by atoms with Gasteiger partial charge in [-0.2, -0.15) is 0 Å². The lowest BCUT2D eigenvalue weighted by Gasteiger charge is -2.34. The Labute approximate surface area is 104 Å². The van der Waals surface area contributed by atoms with E-state index in [1.54, 1.807) is 0 Å². The van der Waals surface area contributed by atoms with Gasteiger partial charge >= 0.3 is 5.97 Å². The van der Waals surface area contributed by atoms with Crippen LogP contribution in [0.4, 0.5) is 0 Å². The van der Waals surface area contributed by atoms with E-state index in [2.05, 4.69) is 14.5 Å². The van der Waals surface area contributed by atoms with Crippen molar-refractivity contribution in [3.05, 3.63) is 0 Å². The van der Waals surface area contributed by atoms with Crippen molar-refractivity contribution in [1.29, 1.82) is 0 Å². The zero-order valence-electron chi connectivity index (χ0n) is 11.0. The molecular weight excluding hydrogens is 220 g/mol. The van der Waals surface area contributed by atoms with Gasteiger partial charge in [-0.3, -0.25) is 9.69 Å². The largest absolute Gasteiger partial charge is 0.469 e. The van der Waals surface area contributed by atoms with E-state index < -0.39 is 0 Å². The summed E-state index contributed by atoms with van der Waals surface area (Å²) < 4.78 is 9.98. The molecule has 0 atom stereocenters. The Morgan fingerprint density at radius 2 is 1.71 bits per heavy atom. The zero-order valence-corrected chi connectivity index (χ0v) is 11.0. The van der Waals surface area contributed by atoms with Gasteiger partial charge < -0.3 is 14.4 Å². The van der Waals surface area contributed by atoms with E-state index in [1.807, 2.05) is 6.92 Å². The van der Waals surface area contributed by atoms with Crippen molar-refractivity contribution in [2.24, 2.45) is 0 Å². The van der Waals surface area contributed by atoms with Crippen LogP contribution in [-0.4, -0.2) is 75.4 Å². The van der Waals surface area contributed by atoms with E-state index >= 15 is 0 Å². The highest BCUT2D eigenvalue weighted by Gasteiger charge is 2.16. The van der Waals surface area contributed by atoms with Crippen molar-refractivity contribution in [2.45, 2.75) is 13.3 Å². The van der Waals surface area contributed by atoms with Crippen LogP contribution in [0.5, 0.6) is 0 Å². The van der Waals surface area contributed by atoms with Crippen molar-refractivity contribution in [3.63, 3.8) is 0 Å². The number of hydrogen-bond donors (Lipinski definition) is 0. The predicted octanol–water partition coefficient (Wildman–Crippen LogP) is 0.204. The smallest absolute Gasteiger partial charge is 0.306 e. The van der Waals surface area contributed by atoms with Gasteiger partial charge in [0.1, 0.15) is 0 Å². The van der Waals surface area contributed by atoms with Gasteiger partial charge in [-0.1, -0.05) is 0 Å². The Hall–Kier alpha value is -0.650. The second-order valence-electron chi connectivity index (χ2n) is 4.21. The molecule has 1 heterocycles. The summed E-state index contributed by atoms with van der Waals surface area (Å²) in [5.41, 5.74) is 0. The lowest BCUT2D eigenvalue weighted by atomic mass is 10.3. The first-order valence-corrected chi connectivity index (χ1v) is 6.35. The maximum atomic E-state index is 11.0. The molecule has 1 fully saturated rings. The number of carbonyl (C=O) groups is 1. The van der Waals surface area contributed by atoms with Gasteiger partial charge in [-0.05, 0) is 6.92 Å². The number of carbonyl (C=O) groups excluding carboxylic acids is 1. The van der Waals surface area contributed by atoms with Crippen LogP contribution in [0.25, 0.3) is 0 Å². The SMILES string of the molecule is CCOCCN1CCN(CCC(=O)OC)CC1. The van der Waals surface area contributed by atoms with Crippen LogP contribution in [0.2, 0.25) is 0 Å². The molecule has 0 saturated carbocycles. The zero-order chi connectivity index (χ0) is 12.5. The number of nitrogens with zero attached hydrogens (tertiary/aromatic N) is 2. The third kappa shape index (κ3) is 6.00. The lowest BCUT2D eigenvalue weighted by Crippen LogP contribution is -2.47. The van der Waals surface area contributed by atoms with Gasteiger partial charge in [0.15, 0.2) is 0 Å². The molecule has 0 aromatic heterocycles. The molecule has 0 aliphatic carbocycles. The average molecular weight is 244 g/mol. The monoisotopic (exact) mass is 244 g/mol. The van der Waals surface area contributed by atoms with Crippen molar-refractivity contribution in [3.8, 4) is 0 Å². The molecule has 17 heavy (non-hydrogen) atoms. The molecule has 0 bridgehead atoms. The number of methoxy groups -OCH3 is 1. The van der Waals surface area contributed by atoms with Crippen LogP contribution in [0.1, 0.15) is 13.3 Å². The summed E-state index contributed by atoms with van der Waals surface area (Å²) >= 11 is 0. The second-order valence-corrected chi connectivity index (χ2v) is 4.21. The predicted molar refractivity (Wildman–Crippen MR) is 66.0 cm³/mol. The van der Waals surface area contributed by atoms with Gasteiger partial charge in [0.25, 0.3) is 0 Å². The Morgan fingerprint density at radius 3 is 2.24 bits per heavy atom. The molecule has 1 rings (SSSR count). The summed E-state index contributed by atoms with van der Waals surface area (Å²) in [4.78, 5) is 15.7. The Balaban J connectivity index is 2.07. The molecule has 0 N–H and O–H groups in total. The topological polar surface area (TPSA) is 42.0 Å². The molecule has 0 amide bonds. The lowest BCUT2D eigenvalue weighted by molar-refractivity contribution is -0.141. The fourth-order valence-electron chi connectivity index (χ4n) is 1.93. The fourth-order valence-corrected chi connectivity index (χ4v) is 1.93. The first-order chi connectivity index (χ1) is 8.26. The van der Waals surface area contributed by atoms with E-state index in [1.165, 1.54) is 7.11 Å². The molecule has 0 aromatic carbocycles. The molecule has 0 spiro atoms. The van der Waals surface area contributed by atoms with Crippen LogP contribution in [0.15, 0.2) is 0 Å².